The second-order valence-corrected chi connectivity index (χ2v) is 8.57. The lowest BCUT2D eigenvalue weighted by atomic mass is 10.1. The second kappa shape index (κ2) is 8.29. The Labute approximate surface area is 179 Å². The second-order valence-electron chi connectivity index (χ2n) is 5.42. The number of anilines is 1. The monoisotopic (exact) mass is 555 g/mol. The smallest absolute Gasteiger partial charge is 0.274 e. The van der Waals surface area contributed by atoms with Crippen molar-refractivity contribution in [1.82, 2.24) is 14.8 Å². The topological polar surface area (TPSA) is 83.6 Å². The molecule has 0 spiro atoms. The number of pyridine rings is 1. The Bertz CT molecular complexity index is 1110. The Hall–Kier alpha value is -2.09. The van der Waals surface area contributed by atoms with E-state index in [2.05, 4.69) is 41.9 Å². The van der Waals surface area contributed by atoms with Crippen LogP contribution in [0, 0.1) is 21.8 Å². The molecule has 0 aliphatic heterocycles. The zero-order valence-electron chi connectivity index (χ0n) is 14.0. The number of aryl methyl sites for hydroxylation is 1. The van der Waals surface area contributed by atoms with Gasteiger partial charge in [-0.1, -0.05) is 36.8 Å². The number of carbonyl (C=O) groups is 1. The van der Waals surface area contributed by atoms with Crippen LogP contribution in [0.25, 0.3) is 5.82 Å². The van der Waals surface area contributed by atoms with Gasteiger partial charge in [0, 0.05) is 15.8 Å². The minimum atomic E-state index is -0.588. The van der Waals surface area contributed by atoms with E-state index in [9.17, 15) is 4.79 Å². The molecule has 3 aromatic rings. The Balaban J connectivity index is 2.04. The normalized spacial score (nSPS) is 10.4. The molecule has 3 rings (SSSR count). The number of hydrogen-bond donors (Lipinski definition) is 1. The quantitative estimate of drug-likeness (QED) is 0.473. The standard InChI is InChI=1S/C18H12BrClIN5O/c1-10-6-11(9-22)7-13(21-2)16(10)24-18(27)14-8-15(19)25-26(14)17-12(20)4-3-5-23-17/h3-8H,2H2,1H3,(H,24,27). The number of nitrogens with one attached hydrogen (secondary N) is 1. The number of nitriles is 1. The maximum atomic E-state index is 13.0. The lowest BCUT2D eigenvalue weighted by Gasteiger charge is -2.13. The van der Waals surface area contributed by atoms with Gasteiger partial charge in [-0.25, -0.2) is 9.67 Å². The number of rotatable bonds is 4. The van der Waals surface area contributed by atoms with E-state index in [4.69, 9.17) is 16.9 Å². The molecule has 2 heterocycles. The zero-order chi connectivity index (χ0) is 19.6. The van der Waals surface area contributed by atoms with Gasteiger partial charge in [-0.2, -0.15) is 10.4 Å². The summed E-state index contributed by atoms with van der Waals surface area (Å²) in [5, 5.41) is 16.7. The highest BCUT2D eigenvalue weighted by Crippen LogP contribution is 2.28. The molecule has 0 aliphatic carbocycles. The molecule has 0 saturated heterocycles. The first-order valence-electron chi connectivity index (χ1n) is 7.55. The van der Waals surface area contributed by atoms with Gasteiger partial charge >= 0.3 is 0 Å². The number of hydrogen-bond acceptors (Lipinski definition) is 4. The molecule has 0 bridgehead atoms. The summed E-state index contributed by atoms with van der Waals surface area (Å²) in [7, 11) is 0. The zero-order valence-corrected chi connectivity index (χ0v) is 18.5. The summed E-state index contributed by atoms with van der Waals surface area (Å²) in [5.74, 6) is -0.00203. The van der Waals surface area contributed by atoms with E-state index < -0.39 is 20.7 Å². The van der Waals surface area contributed by atoms with Crippen molar-refractivity contribution in [3.63, 3.8) is 0 Å². The lowest BCUT2D eigenvalue weighted by Crippen LogP contribution is -2.19. The van der Waals surface area contributed by atoms with E-state index in [1.54, 1.807) is 36.5 Å². The summed E-state index contributed by atoms with van der Waals surface area (Å²) in [5.41, 5.74) is 2.32. The molecule has 9 heteroatoms. The van der Waals surface area contributed by atoms with Crippen molar-refractivity contribution in [2.45, 2.75) is 6.92 Å². The molecular weight excluding hydrogens is 544 g/mol. The number of nitrogens with zero attached hydrogens (tertiary/aromatic N) is 4. The van der Waals surface area contributed by atoms with Crippen LogP contribution in [0.2, 0.25) is 5.02 Å². The summed E-state index contributed by atoms with van der Waals surface area (Å²) in [6, 6.07) is 10.6. The third-order valence-electron chi connectivity index (χ3n) is 3.65. The van der Waals surface area contributed by atoms with Gasteiger partial charge in [0.1, 0.15) is 10.3 Å². The maximum absolute atomic E-state index is 13.0. The summed E-state index contributed by atoms with van der Waals surface area (Å²) < 4.78 is 6.75. The average molecular weight is 557 g/mol. The Kier molecular flexibility index (Phi) is 6.04. The van der Waals surface area contributed by atoms with Crippen molar-refractivity contribution in [3.05, 3.63) is 66.5 Å². The van der Waals surface area contributed by atoms with Gasteiger partial charge in [0.15, 0.2) is 5.82 Å². The van der Waals surface area contributed by atoms with Crippen LogP contribution < -0.4 is 5.32 Å². The average Bonchev–Trinajstić information content (AvgIpc) is 3.05. The van der Waals surface area contributed by atoms with E-state index in [1.807, 2.05) is 6.92 Å². The fourth-order valence-corrected chi connectivity index (χ4v) is 4.53. The minimum Gasteiger partial charge on any atom is -0.319 e. The van der Waals surface area contributed by atoms with E-state index in [0.717, 1.165) is 9.13 Å². The van der Waals surface area contributed by atoms with Crippen LogP contribution in [0.5, 0.6) is 0 Å². The first kappa shape index (κ1) is 19.7. The fourth-order valence-electron chi connectivity index (χ4n) is 2.46. The van der Waals surface area contributed by atoms with E-state index >= 15 is 0 Å². The Morgan fingerprint density at radius 2 is 2.22 bits per heavy atom. The summed E-state index contributed by atoms with van der Waals surface area (Å²) in [6.45, 7) is 1.85. The Morgan fingerprint density at radius 3 is 2.89 bits per heavy atom. The molecule has 0 fully saturated rings. The summed E-state index contributed by atoms with van der Waals surface area (Å²) in [6.07, 6.45) is 1.58. The number of halogens is 3. The van der Waals surface area contributed by atoms with Crippen molar-refractivity contribution in [3.8, 4) is 11.9 Å². The van der Waals surface area contributed by atoms with Crippen LogP contribution in [0.1, 0.15) is 21.6 Å². The van der Waals surface area contributed by atoms with Crippen LogP contribution in [0.4, 0.5) is 5.69 Å². The molecule has 0 aliphatic rings. The molecule has 0 saturated carbocycles. The number of amides is 1. The largest absolute Gasteiger partial charge is 0.319 e. The fraction of sp³-hybridized carbons (Fsp3) is 0.0556. The predicted octanol–water partition coefficient (Wildman–Crippen LogP) is 4.69. The van der Waals surface area contributed by atoms with Gasteiger partial charge in [0.05, 0.1) is 22.3 Å². The summed E-state index contributed by atoms with van der Waals surface area (Å²) >= 11 is 8.92. The summed E-state index contributed by atoms with van der Waals surface area (Å²) in [4.78, 5) is 17.2. The molecule has 2 aromatic heterocycles. The molecule has 0 radical (unpaired) electrons. The highest BCUT2D eigenvalue weighted by atomic mass is 127. The molecule has 1 aromatic carbocycles. The van der Waals surface area contributed by atoms with Gasteiger partial charge in [0.25, 0.3) is 5.91 Å². The first-order valence-corrected chi connectivity index (χ1v) is 11.3. The number of benzene rings is 1. The van der Waals surface area contributed by atoms with Gasteiger partial charge < -0.3 is 5.32 Å². The predicted molar refractivity (Wildman–Crippen MR) is 118 cm³/mol. The number of aromatic nitrogens is 3. The van der Waals surface area contributed by atoms with Crippen molar-refractivity contribution in [1.29, 1.82) is 5.26 Å². The molecule has 1 amide bonds. The maximum Gasteiger partial charge on any atom is 0.274 e. The highest BCUT2D eigenvalue weighted by molar-refractivity contribution is 14.2. The van der Waals surface area contributed by atoms with Crippen LogP contribution >= 0.6 is 48.3 Å². The van der Waals surface area contributed by atoms with Crippen LogP contribution in [-0.4, -0.2) is 25.2 Å². The minimum absolute atomic E-state index is 0.277. The Morgan fingerprint density at radius 1 is 1.44 bits per heavy atom. The van der Waals surface area contributed by atoms with Gasteiger partial charge in [-0.3, -0.25) is 4.79 Å². The van der Waals surface area contributed by atoms with Crippen molar-refractivity contribution in [2.75, 3.05) is 5.32 Å². The molecule has 27 heavy (non-hydrogen) atoms. The SMILES string of the molecule is C=Ic1cc(C#N)cc(C)c1NC(=O)c1cc(Br)nn1-c1ncccc1Cl. The van der Waals surface area contributed by atoms with Gasteiger partial charge in [-0.15, -0.1) is 0 Å². The van der Waals surface area contributed by atoms with Crippen LogP contribution in [-0.2, 0) is 0 Å². The van der Waals surface area contributed by atoms with E-state index in [1.165, 1.54) is 4.68 Å². The van der Waals surface area contributed by atoms with Crippen LogP contribution in [0.15, 0.2) is 41.1 Å². The third-order valence-corrected chi connectivity index (χ3v) is 6.01. The lowest BCUT2D eigenvalue weighted by molar-refractivity contribution is 0.101. The molecule has 0 atom stereocenters. The van der Waals surface area contributed by atoms with Crippen LogP contribution in [0.3, 0.4) is 0 Å². The van der Waals surface area contributed by atoms with Crippen molar-refractivity contribution >= 4 is 64.4 Å². The molecular formula is C18H12BrClIN5O. The molecule has 1 N–H and O–H groups in total. The van der Waals surface area contributed by atoms with Gasteiger partial charge in [0.2, 0.25) is 0 Å². The number of carbonyl (C=O) groups excluding carboxylic acids is 1. The van der Waals surface area contributed by atoms with E-state index in [0.29, 0.717) is 26.7 Å². The molecule has 6 nitrogen and oxygen atoms in total. The molecule has 0 unspecified atom stereocenters. The van der Waals surface area contributed by atoms with E-state index in [-0.39, 0.29) is 11.6 Å². The molecule has 136 valence electrons. The first-order chi connectivity index (χ1) is 12.9. The highest BCUT2D eigenvalue weighted by Gasteiger charge is 2.20. The van der Waals surface area contributed by atoms with Crippen molar-refractivity contribution in [2.24, 2.45) is 0 Å². The van der Waals surface area contributed by atoms with Crippen molar-refractivity contribution < 1.29 is 4.79 Å². The van der Waals surface area contributed by atoms with Gasteiger partial charge in [-0.05, 0) is 52.7 Å². The third kappa shape index (κ3) is 4.10.